The predicted molar refractivity (Wildman–Crippen MR) is 260 cm³/mol. The van der Waals surface area contributed by atoms with Crippen molar-refractivity contribution in [1.29, 1.82) is 0 Å². The topological polar surface area (TPSA) is 273 Å². The molecule has 0 saturated heterocycles. The van der Waals surface area contributed by atoms with Gasteiger partial charge >= 0.3 is 27.6 Å². The number of aliphatic hydroxyl groups excluding tert-OH is 4. The molecule has 1 aliphatic carbocycles. The van der Waals surface area contributed by atoms with Gasteiger partial charge < -0.3 is 44.6 Å². The summed E-state index contributed by atoms with van der Waals surface area (Å²) in [7, 11) is -10.7. The summed E-state index contributed by atoms with van der Waals surface area (Å²) in [6, 6.07) is 0. The first-order valence-corrected chi connectivity index (χ1v) is 28.2. The molecule has 0 aromatic carbocycles. The van der Waals surface area contributed by atoms with Crippen molar-refractivity contribution in [2.75, 3.05) is 13.2 Å². The highest BCUT2D eigenvalue weighted by molar-refractivity contribution is 7.47. The Bertz CT molecular complexity index is 1560. The predicted octanol–water partition coefficient (Wildman–Crippen LogP) is 9.25. The number of unbranched alkanes of at least 4 members (excludes halogenated alkanes) is 19. The van der Waals surface area contributed by atoms with E-state index in [-0.39, 0.29) is 18.6 Å². The van der Waals surface area contributed by atoms with E-state index >= 15 is 0 Å². The van der Waals surface area contributed by atoms with E-state index in [0.29, 0.717) is 32.1 Å². The molecule has 1 aliphatic rings. The van der Waals surface area contributed by atoms with Gasteiger partial charge in [-0.15, -0.1) is 0 Å². The normalized spacial score (nSPS) is 21.5. The number of hydrogen-bond acceptors (Lipinski definition) is 14. The number of aliphatic hydroxyl groups is 4. The molecular weight excluding hydrogens is 922 g/mol. The van der Waals surface area contributed by atoms with Gasteiger partial charge in [-0.3, -0.25) is 28.0 Å². The van der Waals surface area contributed by atoms with Gasteiger partial charge in [0.25, 0.3) is 0 Å². The Labute approximate surface area is 405 Å². The highest BCUT2D eigenvalue weighted by atomic mass is 31.2. The van der Waals surface area contributed by atoms with Crippen LogP contribution in [0.2, 0.25) is 0 Å². The Balaban J connectivity index is 2.61. The molecule has 394 valence electrons. The van der Waals surface area contributed by atoms with Crippen LogP contribution >= 0.6 is 15.6 Å². The summed E-state index contributed by atoms with van der Waals surface area (Å²) < 4.78 is 49.4. The van der Waals surface area contributed by atoms with Gasteiger partial charge in [-0.25, -0.2) is 9.13 Å². The van der Waals surface area contributed by atoms with E-state index in [1.165, 1.54) is 77.0 Å². The lowest BCUT2D eigenvalue weighted by Gasteiger charge is -2.43. The molecule has 0 heterocycles. The first-order valence-electron chi connectivity index (χ1n) is 25.1. The van der Waals surface area contributed by atoms with Gasteiger partial charge in [0.1, 0.15) is 43.2 Å². The number of ketones is 1. The second-order valence-corrected chi connectivity index (χ2v) is 20.2. The molecule has 5 unspecified atom stereocenters. The van der Waals surface area contributed by atoms with Crippen molar-refractivity contribution in [3.8, 4) is 0 Å². The first-order chi connectivity index (χ1) is 32.5. The molecule has 0 aromatic rings. The molecule has 1 saturated carbocycles. The van der Waals surface area contributed by atoms with Crippen molar-refractivity contribution >= 4 is 33.4 Å². The van der Waals surface area contributed by atoms with Gasteiger partial charge in [0.05, 0.1) is 6.61 Å². The minimum Gasteiger partial charge on any atom is -0.462 e. The van der Waals surface area contributed by atoms with Gasteiger partial charge in [-0.1, -0.05) is 172 Å². The van der Waals surface area contributed by atoms with Gasteiger partial charge in [-0.05, 0) is 44.6 Å². The number of hydrogen-bond donors (Lipinski definition) is 7. The average Bonchev–Trinajstić information content (AvgIpc) is 3.29. The Kier molecular flexibility index (Phi) is 36.8. The Morgan fingerprint density at radius 3 is 1.54 bits per heavy atom. The SMILES string of the molecule is CCCCCCCCCCCCCCCCCCCC(=O)O[C@H](COC(=O)CCC/C=C\C/C=C\C/C=C\C=C\C(=O)CCCCC)COP(=O)(O)O[C@H]1C(O)C(O)C(O)[C@@H](OP(=O)(O)O)C1O. The van der Waals surface area contributed by atoms with E-state index in [0.717, 1.165) is 51.4 Å². The minimum atomic E-state index is -5.38. The molecule has 1 fully saturated rings. The largest absolute Gasteiger partial charge is 0.472 e. The third kappa shape index (κ3) is 33.3. The van der Waals surface area contributed by atoms with E-state index in [1.807, 2.05) is 36.5 Å². The molecule has 0 bridgehead atoms. The quantitative estimate of drug-likeness (QED) is 0.00749. The number of ether oxygens (including phenoxy) is 2. The number of phosphoric acid groups is 2. The first kappa shape index (κ1) is 63.6. The summed E-state index contributed by atoms with van der Waals surface area (Å²) in [6.45, 7) is 2.92. The van der Waals surface area contributed by atoms with Crippen LogP contribution in [0, 0.1) is 0 Å². The van der Waals surface area contributed by atoms with Crippen molar-refractivity contribution in [2.24, 2.45) is 0 Å². The van der Waals surface area contributed by atoms with E-state index in [9.17, 15) is 58.6 Å². The Hall–Kier alpha value is -2.37. The van der Waals surface area contributed by atoms with Gasteiger partial charge in [0.15, 0.2) is 11.9 Å². The molecule has 7 N–H and O–H groups in total. The highest BCUT2D eigenvalue weighted by Crippen LogP contribution is 2.49. The standard InChI is InChI=1S/C49H86O17P2/c1-3-5-7-8-9-10-11-12-13-14-15-16-19-23-26-29-33-37-43(52)64-41(39-63-68(60,61)66-49-46(55)44(53)45(54)48(47(49)56)65-67(57,58)59)38-62-42(51)36-32-28-25-22-20-17-18-21-24-27-31-35-40(50)34-30-6-4-2/h17-18,22,24-25,27,31,35,41,44-49,53-56H,3-16,19-21,23,26,28-30,32-34,36-39H2,1-2H3,(H,60,61)(H2,57,58,59)/b18-17-,25-22-,27-24-,35-31+/t41-,44?,45?,46?,47?,48-,49+/m1/s1. The number of esters is 2. The van der Waals surface area contributed by atoms with E-state index in [1.54, 1.807) is 12.2 Å². The van der Waals surface area contributed by atoms with Gasteiger partial charge in [-0.2, -0.15) is 0 Å². The van der Waals surface area contributed by atoms with Crippen LogP contribution in [0.1, 0.15) is 187 Å². The van der Waals surface area contributed by atoms with Crippen molar-refractivity contribution in [1.82, 2.24) is 0 Å². The maximum atomic E-state index is 13.0. The summed E-state index contributed by atoms with van der Waals surface area (Å²) in [5.74, 6) is -1.17. The van der Waals surface area contributed by atoms with Crippen molar-refractivity contribution in [3.63, 3.8) is 0 Å². The van der Waals surface area contributed by atoms with Crippen LogP contribution in [-0.4, -0.2) is 109 Å². The summed E-state index contributed by atoms with van der Waals surface area (Å²) >= 11 is 0. The number of rotatable bonds is 42. The number of phosphoric ester groups is 2. The minimum absolute atomic E-state index is 0.0193. The Morgan fingerprint density at radius 2 is 0.985 bits per heavy atom. The van der Waals surface area contributed by atoms with Gasteiger partial charge in [0, 0.05) is 19.3 Å². The third-order valence-corrected chi connectivity index (χ3v) is 12.9. The zero-order valence-corrected chi connectivity index (χ0v) is 42.6. The van der Waals surface area contributed by atoms with Crippen molar-refractivity contribution < 1.29 is 81.7 Å². The summed E-state index contributed by atoms with van der Waals surface area (Å²) in [5.41, 5.74) is 0. The van der Waals surface area contributed by atoms with E-state index < -0.39 is 83.5 Å². The number of carbonyl (C=O) groups excluding carboxylic acids is 3. The summed E-state index contributed by atoms with van der Waals surface area (Å²) in [6.07, 6.45) is 26.2. The monoisotopic (exact) mass is 1010 g/mol. The lowest BCUT2D eigenvalue weighted by Crippen LogP contribution is -2.64. The van der Waals surface area contributed by atoms with Crippen molar-refractivity contribution in [2.45, 2.75) is 230 Å². The highest BCUT2D eigenvalue weighted by Gasteiger charge is 2.54. The lowest BCUT2D eigenvalue weighted by molar-refractivity contribution is -0.216. The van der Waals surface area contributed by atoms with Crippen LogP contribution in [0.3, 0.4) is 0 Å². The smallest absolute Gasteiger partial charge is 0.462 e. The maximum absolute atomic E-state index is 13.0. The van der Waals surface area contributed by atoms with Crippen LogP contribution in [0.4, 0.5) is 0 Å². The van der Waals surface area contributed by atoms with Crippen molar-refractivity contribution in [3.05, 3.63) is 48.6 Å². The van der Waals surface area contributed by atoms with Crippen LogP contribution < -0.4 is 0 Å². The number of allylic oxidation sites excluding steroid dienone is 8. The van der Waals surface area contributed by atoms with Crippen LogP contribution in [-0.2, 0) is 46.6 Å². The average molecular weight is 1010 g/mol. The fourth-order valence-electron chi connectivity index (χ4n) is 7.44. The second-order valence-electron chi connectivity index (χ2n) is 17.6. The molecule has 0 radical (unpaired) electrons. The molecule has 1 rings (SSSR count). The molecule has 8 atom stereocenters. The van der Waals surface area contributed by atoms with Gasteiger partial charge in [0.2, 0.25) is 0 Å². The molecule has 0 aromatic heterocycles. The summed E-state index contributed by atoms with van der Waals surface area (Å²) in [4.78, 5) is 66.1. The lowest BCUT2D eigenvalue weighted by atomic mass is 9.85. The fourth-order valence-corrected chi connectivity index (χ4v) is 8.98. The molecular formula is C49H86O17P2. The van der Waals surface area contributed by atoms with Crippen LogP contribution in [0.25, 0.3) is 0 Å². The Morgan fingerprint density at radius 1 is 0.515 bits per heavy atom. The molecule has 0 amide bonds. The third-order valence-electron chi connectivity index (χ3n) is 11.4. The zero-order chi connectivity index (χ0) is 50.5. The molecule has 0 aliphatic heterocycles. The van der Waals surface area contributed by atoms with E-state index in [4.69, 9.17) is 18.5 Å². The van der Waals surface area contributed by atoms with Crippen LogP contribution in [0.15, 0.2) is 48.6 Å². The molecule has 17 nitrogen and oxygen atoms in total. The maximum Gasteiger partial charge on any atom is 0.472 e. The molecule has 0 spiro atoms. The van der Waals surface area contributed by atoms with E-state index in [2.05, 4.69) is 18.4 Å². The zero-order valence-electron chi connectivity index (χ0n) is 40.8. The fraction of sp³-hybridized carbons (Fsp3) is 0.776. The van der Waals surface area contributed by atoms with Crippen LogP contribution in [0.5, 0.6) is 0 Å². The second kappa shape index (κ2) is 39.3. The molecule has 68 heavy (non-hydrogen) atoms. The molecule has 19 heteroatoms. The number of carbonyl (C=O) groups is 3. The summed E-state index contributed by atoms with van der Waals surface area (Å²) in [5, 5.41) is 41.3.